The number of nitrogens with zero attached hydrogens (tertiary/aromatic N) is 4. The Balaban J connectivity index is 1.61. The maximum absolute atomic E-state index is 5.51. The van der Waals surface area contributed by atoms with Crippen molar-refractivity contribution in [3.8, 4) is 5.75 Å². The quantitative estimate of drug-likeness (QED) is 0.870. The Morgan fingerprint density at radius 3 is 2.92 bits per heavy atom. The summed E-state index contributed by atoms with van der Waals surface area (Å²) in [6.45, 7) is 2.80. The SMILES string of the molecule is COc1ccccc1N1CCCC(NCc2ccnc(N(C)C)n2)C1. The number of aromatic nitrogens is 2. The van der Waals surface area contributed by atoms with E-state index in [2.05, 4.69) is 32.3 Å². The number of benzene rings is 1. The van der Waals surface area contributed by atoms with E-state index in [0.29, 0.717) is 6.04 Å². The molecule has 1 atom stereocenters. The molecular weight excluding hydrogens is 314 g/mol. The number of nitrogens with one attached hydrogen (secondary N) is 1. The second kappa shape index (κ2) is 8.16. The van der Waals surface area contributed by atoms with E-state index in [0.717, 1.165) is 37.0 Å². The maximum Gasteiger partial charge on any atom is 0.225 e. The fourth-order valence-electron chi connectivity index (χ4n) is 3.20. The van der Waals surface area contributed by atoms with E-state index in [9.17, 15) is 0 Å². The molecule has 25 heavy (non-hydrogen) atoms. The minimum absolute atomic E-state index is 0.441. The molecule has 0 saturated carbocycles. The van der Waals surface area contributed by atoms with Gasteiger partial charge in [0, 0.05) is 46.0 Å². The first-order valence-corrected chi connectivity index (χ1v) is 8.78. The normalized spacial score (nSPS) is 17.4. The predicted molar refractivity (Wildman–Crippen MR) is 101 cm³/mol. The van der Waals surface area contributed by atoms with Crippen molar-refractivity contribution in [1.82, 2.24) is 15.3 Å². The van der Waals surface area contributed by atoms with Gasteiger partial charge in [0.1, 0.15) is 5.75 Å². The molecule has 1 aromatic heterocycles. The molecule has 1 aliphatic heterocycles. The number of rotatable bonds is 6. The van der Waals surface area contributed by atoms with Crippen LogP contribution in [0.5, 0.6) is 5.75 Å². The molecule has 6 nitrogen and oxygen atoms in total. The third-order valence-electron chi connectivity index (χ3n) is 4.52. The molecule has 0 spiro atoms. The summed E-state index contributed by atoms with van der Waals surface area (Å²) < 4.78 is 5.51. The van der Waals surface area contributed by atoms with Gasteiger partial charge in [-0.2, -0.15) is 0 Å². The number of hydrogen-bond donors (Lipinski definition) is 1. The van der Waals surface area contributed by atoms with Gasteiger partial charge in [-0.15, -0.1) is 0 Å². The molecule has 3 rings (SSSR count). The summed E-state index contributed by atoms with van der Waals surface area (Å²) in [5.74, 6) is 1.69. The molecule has 1 N–H and O–H groups in total. The molecule has 0 aliphatic carbocycles. The van der Waals surface area contributed by atoms with Gasteiger partial charge in [-0.1, -0.05) is 12.1 Å². The van der Waals surface area contributed by atoms with Crippen LogP contribution in [0.15, 0.2) is 36.5 Å². The Bertz CT molecular complexity index is 691. The lowest BCUT2D eigenvalue weighted by Gasteiger charge is -2.35. The smallest absolute Gasteiger partial charge is 0.225 e. The average Bonchev–Trinajstić information content (AvgIpc) is 2.67. The molecule has 0 bridgehead atoms. The maximum atomic E-state index is 5.51. The van der Waals surface area contributed by atoms with Gasteiger partial charge >= 0.3 is 0 Å². The highest BCUT2D eigenvalue weighted by atomic mass is 16.5. The van der Waals surface area contributed by atoms with Crippen molar-refractivity contribution in [2.45, 2.75) is 25.4 Å². The number of piperidine rings is 1. The average molecular weight is 341 g/mol. The van der Waals surface area contributed by atoms with Gasteiger partial charge in [-0.3, -0.25) is 0 Å². The van der Waals surface area contributed by atoms with Crippen LogP contribution in [0.1, 0.15) is 18.5 Å². The van der Waals surface area contributed by atoms with Crippen molar-refractivity contribution in [1.29, 1.82) is 0 Å². The number of methoxy groups -OCH3 is 1. The van der Waals surface area contributed by atoms with Gasteiger partial charge in [-0.05, 0) is 31.0 Å². The second-order valence-electron chi connectivity index (χ2n) is 6.58. The van der Waals surface area contributed by atoms with Gasteiger partial charge in [0.25, 0.3) is 0 Å². The molecule has 2 heterocycles. The van der Waals surface area contributed by atoms with E-state index >= 15 is 0 Å². The van der Waals surface area contributed by atoms with E-state index in [1.807, 2.05) is 43.4 Å². The summed E-state index contributed by atoms with van der Waals surface area (Å²) >= 11 is 0. The van der Waals surface area contributed by atoms with Crippen molar-refractivity contribution in [2.75, 3.05) is 44.1 Å². The lowest BCUT2D eigenvalue weighted by atomic mass is 10.0. The third-order valence-corrected chi connectivity index (χ3v) is 4.52. The third kappa shape index (κ3) is 4.39. The number of hydrogen-bond acceptors (Lipinski definition) is 6. The van der Waals surface area contributed by atoms with Crippen LogP contribution in [0.4, 0.5) is 11.6 Å². The summed E-state index contributed by atoms with van der Waals surface area (Å²) in [6, 6.07) is 10.7. The highest BCUT2D eigenvalue weighted by Gasteiger charge is 2.21. The fourth-order valence-corrected chi connectivity index (χ4v) is 3.20. The van der Waals surface area contributed by atoms with E-state index < -0.39 is 0 Å². The van der Waals surface area contributed by atoms with Gasteiger partial charge in [0.15, 0.2) is 0 Å². The first kappa shape index (κ1) is 17.5. The van der Waals surface area contributed by atoms with Crippen molar-refractivity contribution in [3.05, 3.63) is 42.2 Å². The van der Waals surface area contributed by atoms with Crippen LogP contribution in [-0.2, 0) is 6.54 Å². The first-order chi connectivity index (χ1) is 12.2. The monoisotopic (exact) mass is 341 g/mol. The highest BCUT2D eigenvalue weighted by Crippen LogP contribution is 2.29. The van der Waals surface area contributed by atoms with Crippen LogP contribution < -0.4 is 19.9 Å². The van der Waals surface area contributed by atoms with Crippen molar-refractivity contribution >= 4 is 11.6 Å². The molecule has 134 valence electrons. The largest absolute Gasteiger partial charge is 0.495 e. The molecule has 1 fully saturated rings. The van der Waals surface area contributed by atoms with Crippen molar-refractivity contribution < 1.29 is 4.74 Å². The van der Waals surface area contributed by atoms with Crippen LogP contribution in [0, 0.1) is 0 Å². The van der Waals surface area contributed by atoms with E-state index in [1.54, 1.807) is 7.11 Å². The topological polar surface area (TPSA) is 53.5 Å². The van der Waals surface area contributed by atoms with Gasteiger partial charge in [0.05, 0.1) is 18.5 Å². The summed E-state index contributed by atoms with van der Waals surface area (Å²) in [4.78, 5) is 13.2. The molecule has 6 heteroatoms. The summed E-state index contributed by atoms with van der Waals surface area (Å²) in [7, 11) is 5.65. The Morgan fingerprint density at radius 1 is 1.28 bits per heavy atom. The molecule has 2 aromatic rings. The molecular formula is C19H27N5O. The predicted octanol–water partition coefficient (Wildman–Crippen LogP) is 2.31. The fraction of sp³-hybridized carbons (Fsp3) is 0.474. The second-order valence-corrected chi connectivity index (χ2v) is 6.58. The standard InChI is InChI=1S/C19H27N5O/c1-23(2)19-20-11-10-15(22-19)13-21-16-7-6-12-24(14-16)17-8-4-5-9-18(17)25-3/h4-5,8-11,16,21H,6-7,12-14H2,1-3H3. The molecule has 1 unspecified atom stereocenters. The van der Waals surface area contributed by atoms with Crippen molar-refractivity contribution in [3.63, 3.8) is 0 Å². The minimum atomic E-state index is 0.441. The van der Waals surface area contributed by atoms with Crippen LogP contribution in [0.2, 0.25) is 0 Å². The number of ether oxygens (including phenoxy) is 1. The Labute approximate surface area is 149 Å². The van der Waals surface area contributed by atoms with Gasteiger partial charge < -0.3 is 19.9 Å². The van der Waals surface area contributed by atoms with Gasteiger partial charge in [0.2, 0.25) is 5.95 Å². The van der Waals surface area contributed by atoms with E-state index in [4.69, 9.17) is 4.74 Å². The lowest BCUT2D eigenvalue weighted by molar-refractivity contribution is 0.399. The number of anilines is 2. The van der Waals surface area contributed by atoms with Crippen LogP contribution in [0.25, 0.3) is 0 Å². The van der Waals surface area contributed by atoms with Crippen LogP contribution in [0.3, 0.4) is 0 Å². The molecule has 0 amide bonds. The summed E-state index contributed by atoms with van der Waals surface area (Å²) in [6.07, 6.45) is 4.17. The zero-order chi connectivity index (χ0) is 17.6. The Morgan fingerprint density at radius 2 is 2.12 bits per heavy atom. The molecule has 1 aromatic carbocycles. The van der Waals surface area contributed by atoms with Gasteiger partial charge in [-0.25, -0.2) is 9.97 Å². The molecule has 1 aliphatic rings. The Hall–Kier alpha value is -2.34. The van der Waals surface area contributed by atoms with E-state index in [1.165, 1.54) is 18.5 Å². The van der Waals surface area contributed by atoms with Crippen molar-refractivity contribution in [2.24, 2.45) is 0 Å². The summed E-state index contributed by atoms with van der Waals surface area (Å²) in [5.41, 5.74) is 2.20. The Kier molecular flexibility index (Phi) is 5.71. The van der Waals surface area contributed by atoms with Crippen LogP contribution >= 0.6 is 0 Å². The van der Waals surface area contributed by atoms with Crippen LogP contribution in [-0.4, -0.2) is 50.3 Å². The highest BCUT2D eigenvalue weighted by molar-refractivity contribution is 5.58. The first-order valence-electron chi connectivity index (χ1n) is 8.78. The van der Waals surface area contributed by atoms with E-state index in [-0.39, 0.29) is 0 Å². The summed E-state index contributed by atoms with van der Waals surface area (Å²) in [5, 5.41) is 3.65. The lowest BCUT2D eigenvalue weighted by Crippen LogP contribution is -2.45. The molecule has 1 saturated heterocycles. The zero-order valence-electron chi connectivity index (χ0n) is 15.3. The number of para-hydroxylation sites is 2. The zero-order valence-corrected chi connectivity index (χ0v) is 15.3. The molecule has 0 radical (unpaired) electrons. The minimum Gasteiger partial charge on any atom is -0.495 e.